The molecule has 0 aliphatic heterocycles. The second kappa shape index (κ2) is 17.9. The van der Waals surface area contributed by atoms with Crippen LogP contribution in [0.5, 0.6) is 0 Å². The standard InChI is InChI=1S/C28H43NO5/c1-4-7-8-9-10-11-12-13-14-15-16-20-23-29-28(26(31)33-5-2,27(32)34-6-3)25(30)24-21-18-17-19-22-24/h14-15,17-19,21-22,29H,4-13,16,20,23H2,1-3H3. The molecule has 0 unspecified atom stereocenters. The Morgan fingerprint density at radius 3 is 1.85 bits per heavy atom. The Labute approximate surface area is 205 Å². The summed E-state index contributed by atoms with van der Waals surface area (Å²) in [5.41, 5.74) is -1.97. The van der Waals surface area contributed by atoms with E-state index < -0.39 is 23.3 Å². The van der Waals surface area contributed by atoms with Gasteiger partial charge in [-0.05, 0) is 46.1 Å². The third-order valence-electron chi connectivity index (χ3n) is 5.62. The monoisotopic (exact) mass is 473 g/mol. The smallest absolute Gasteiger partial charge is 0.346 e. The molecule has 1 rings (SSSR count). The molecule has 0 aliphatic carbocycles. The average Bonchev–Trinajstić information content (AvgIpc) is 2.85. The van der Waals surface area contributed by atoms with Crippen molar-refractivity contribution < 1.29 is 23.9 Å². The fraction of sp³-hybridized carbons (Fsp3) is 0.607. The molecule has 1 N–H and O–H groups in total. The predicted octanol–water partition coefficient (Wildman–Crippen LogP) is 5.80. The van der Waals surface area contributed by atoms with E-state index in [2.05, 4.69) is 24.4 Å². The highest BCUT2D eigenvalue weighted by Gasteiger charge is 2.55. The van der Waals surface area contributed by atoms with E-state index in [1.54, 1.807) is 44.2 Å². The van der Waals surface area contributed by atoms with Crippen molar-refractivity contribution >= 4 is 17.7 Å². The number of benzene rings is 1. The summed E-state index contributed by atoms with van der Waals surface area (Å²) >= 11 is 0. The predicted molar refractivity (Wildman–Crippen MR) is 136 cm³/mol. The van der Waals surface area contributed by atoms with Crippen LogP contribution in [-0.2, 0) is 19.1 Å². The van der Waals surface area contributed by atoms with E-state index in [1.165, 1.54) is 44.9 Å². The number of carbonyl (C=O) groups is 3. The molecule has 0 bridgehead atoms. The number of ketones is 1. The van der Waals surface area contributed by atoms with E-state index >= 15 is 0 Å². The highest BCUT2D eigenvalue weighted by molar-refractivity contribution is 6.30. The second-order valence-electron chi connectivity index (χ2n) is 8.34. The van der Waals surface area contributed by atoms with Crippen molar-refractivity contribution in [2.45, 2.75) is 90.5 Å². The third kappa shape index (κ3) is 9.80. The SMILES string of the molecule is CCCCCCCCCC=CCCCNC(C(=O)OCC)(C(=O)OCC)C(=O)c1ccccc1. The Hall–Kier alpha value is -2.47. The van der Waals surface area contributed by atoms with E-state index in [9.17, 15) is 14.4 Å². The molecule has 0 heterocycles. The first-order valence-electron chi connectivity index (χ1n) is 12.9. The Kier molecular flexibility index (Phi) is 15.6. The molecule has 1 aromatic carbocycles. The van der Waals surface area contributed by atoms with Crippen molar-refractivity contribution in [3.8, 4) is 0 Å². The van der Waals surface area contributed by atoms with Crippen molar-refractivity contribution in [3.63, 3.8) is 0 Å². The molecule has 0 fully saturated rings. The Bertz CT molecular complexity index is 726. The summed E-state index contributed by atoms with van der Waals surface area (Å²) in [5.74, 6) is -2.53. The van der Waals surface area contributed by atoms with Crippen LogP contribution in [0.1, 0.15) is 95.3 Å². The van der Waals surface area contributed by atoms with Crippen LogP contribution in [0.25, 0.3) is 0 Å². The molecule has 0 aliphatic rings. The number of ether oxygens (including phenoxy) is 2. The van der Waals surface area contributed by atoms with Crippen LogP contribution >= 0.6 is 0 Å². The molecule has 0 atom stereocenters. The molecule has 0 saturated heterocycles. The minimum absolute atomic E-state index is 0.0467. The maximum atomic E-state index is 13.4. The van der Waals surface area contributed by atoms with E-state index in [0.29, 0.717) is 6.42 Å². The molecule has 6 heteroatoms. The minimum atomic E-state index is -2.21. The van der Waals surface area contributed by atoms with Crippen LogP contribution in [0.3, 0.4) is 0 Å². The van der Waals surface area contributed by atoms with E-state index in [0.717, 1.165) is 12.8 Å². The molecule has 190 valence electrons. The minimum Gasteiger partial charge on any atom is -0.464 e. The normalized spacial score (nSPS) is 11.5. The molecular formula is C28H43NO5. The van der Waals surface area contributed by atoms with Crippen LogP contribution in [0.2, 0.25) is 0 Å². The van der Waals surface area contributed by atoms with Crippen LogP contribution < -0.4 is 5.32 Å². The molecular weight excluding hydrogens is 430 g/mol. The quantitative estimate of drug-likeness (QED) is 0.0899. The van der Waals surface area contributed by atoms with Crippen molar-refractivity contribution in [3.05, 3.63) is 48.0 Å². The van der Waals surface area contributed by atoms with Gasteiger partial charge >= 0.3 is 11.9 Å². The van der Waals surface area contributed by atoms with Gasteiger partial charge in [0.2, 0.25) is 5.78 Å². The van der Waals surface area contributed by atoms with Crippen LogP contribution in [0.15, 0.2) is 42.5 Å². The first kappa shape index (κ1) is 29.6. The summed E-state index contributed by atoms with van der Waals surface area (Å²) in [7, 11) is 0. The van der Waals surface area contributed by atoms with Gasteiger partial charge in [0.05, 0.1) is 13.2 Å². The number of Topliss-reactive ketones (excluding diaryl/α,β-unsaturated/α-hetero) is 1. The molecule has 0 spiro atoms. The second-order valence-corrected chi connectivity index (χ2v) is 8.34. The summed E-state index contributed by atoms with van der Waals surface area (Å²) in [6.45, 7) is 5.89. The Morgan fingerprint density at radius 1 is 0.765 bits per heavy atom. The zero-order valence-electron chi connectivity index (χ0n) is 21.3. The van der Waals surface area contributed by atoms with E-state index in [4.69, 9.17) is 9.47 Å². The maximum absolute atomic E-state index is 13.4. The third-order valence-corrected chi connectivity index (χ3v) is 5.62. The summed E-state index contributed by atoms with van der Waals surface area (Å²) in [6.07, 6.45) is 15.8. The number of esters is 2. The summed E-state index contributed by atoms with van der Waals surface area (Å²) in [4.78, 5) is 39.2. The molecule has 0 amide bonds. The molecule has 34 heavy (non-hydrogen) atoms. The largest absolute Gasteiger partial charge is 0.464 e. The van der Waals surface area contributed by atoms with Crippen LogP contribution in [-0.4, -0.2) is 43.0 Å². The number of carbonyl (C=O) groups excluding carboxylic acids is 3. The van der Waals surface area contributed by atoms with Crippen molar-refractivity contribution in [2.24, 2.45) is 0 Å². The molecule has 1 aromatic rings. The number of rotatable bonds is 19. The summed E-state index contributed by atoms with van der Waals surface area (Å²) < 4.78 is 10.3. The fourth-order valence-electron chi connectivity index (χ4n) is 3.73. The van der Waals surface area contributed by atoms with E-state index in [-0.39, 0.29) is 25.3 Å². The van der Waals surface area contributed by atoms with Gasteiger partial charge in [-0.2, -0.15) is 0 Å². The molecule has 0 saturated carbocycles. The number of nitrogens with one attached hydrogen (secondary N) is 1. The van der Waals surface area contributed by atoms with Crippen LogP contribution in [0, 0.1) is 0 Å². The average molecular weight is 474 g/mol. The first-order chi connectivity index (χ1) is 16.5. The number of hydrogen-bond acceptors (Lipinski definition) is 6. The lowest BCUT2D eigenvalue weighted by molar-refractivity contribution is -0.162. The van der Waals surface area contributed by atoms with Gasteiger partial charge in [-0.3, -0.25) is 10.1 Å². The van der Waals surface area contributed by atoms with Gasteiger partial charge in [0.1, 0.15) is 0 Å². The van der Waals surface area contributed by atoms with Gasteiger partial charge in [-0.1, -0.05) is 87.9 Å². The molecule has 0 aromatic heterocycles. The fourth-order valence-corrected chi connectivity index (χ4v) is 3.73. The lowest BCUT2D eigenvalue weighted by Gasteiger charge is -2.29. The topological polar surface area (TPSA) is 81.7 Å². The lowest BCUT2D eigenvalue weighted by Crippen LogP contribution is -2.65. The van der Waals surface area contributed by atoms with Gasteiger partial charge in [0.15, 0.2) is 0 Å². The summed E-state index contributed by atoms with van der Waals surface area (Å²) in [6, 6.07) is 8.28. The highest BCUT2D eigenvalue weighted by Crippen LogP contribution is 2.19. The van der Waals surface area contributed by atoms with Gasteiger partial charge < -0.3 is 9.47 Å². The van der Waals surface area contributed by atoms with Crippen LogP contribution in [0.4, 0.5) is 0 Å². The van der Waals surface area contributed by atoms with Crippen molar-refractivity contribution in [1.29, 1.82) is 0 Å². The highest BCUT2D eigenvalue weighted by atomic mass is 16.6. The Morgan fingerprint density at radius 2 is 1.29 bits per heavy atom. The molecule has 6 nitrogen and oxygen atoms in total. The van der Waals surface area contributed by atoms with E-state index in [1.807, 2.05) is 0 Å². The van der Waals surface area contributed by atoms with Crippen molar-refractivity contribution in [2.75, 3.05) is 19.8 Å². The molecule has 0 radical (unpaired) electrons. The van der Waals surface area contributed by atoms with Gasteiger partial charge in [0, 0.05) is 5.56 Å². The van der Waals surface area contributed by atoms with Gasteiger partial charge in [-0.25, -0.2) is 9.59 Å². The van der Waals surface area contributed by atoms with Gasteiger partial charge in [0.25, 0.3) is 5.54 Å². The lowest BCUT2D eigenvalue weighted by atomic mass is 9.88. The zero-order valence-corrected chi connectivity index (χ0v) is 21.3. The zero-order chi connectivity index (χ0) is 25.1. The number of hydrogen-bond donors (Lipinski definition) is 1. The first-order valence-corrected chi connectivity index (χ1v) is 12.9. The number of allylic oxidation sites excluding steroid dienone is 2. The summed E-state index contributed by atoms with van der Waals surface area (Å²) in [5, 5.41) is 2.90. The van der Waals surface area contributed by atoms with Crippen molar-refractivity contribution in [1.82, 2.24) is 5.32 Å². The van der Waals surface area contributed by atoms with Gasteiger partial charge in [-0.15, -0.1) is 0 Å². The number of unbranched alkanes of at least 4 members (excludes halogenated alkanes) is 8. The Balaban J connectivity index is 2.68. The maximum Gasteiger partial charge on any atom is 0.346 e.